The average Bonchev–Trinajstić information content (AvgIpc) is 2.70. The maximum atomic E-state index is 9.05. The lowest BCUT2D eigenvalue weighted by atomic mass is 10.0. The van der Waals surface area contributed by atoms with Gasteiger partial charge in [0.25, 0.3) is 0 Å². The minimum atomic E-state index is 0.747. The molecule has 3 aromatic carbocycles. The topological polar surface area (TPSA) is 30.3 Å². The maximum absolute atomic E-state index is 9.05. The molecular weight excluding hydrogens is 318 g/mol. The van der Waals surface area contributed by atoms with Crippen molar-refractivity contribution in [3.05, 3.63) is 83.4 Å². The minimum absolute atomic E-state index is 0.747. The molecule has 1 heterocycles. The molecule has 0 unspecified atom stereocenters. The minimum Gasteiger partial charge on any atom is -0.297 e. The summed E-state index contributed by atoms with van der Waals surface area (Å²) in [5.41, 5.74) is 3.39. The highest BCUT2D eigenvalue weighted by molar-refractivity contribution is 5.85. The predicted molar refractivity (Wildman–Crippen MR) is 106 cm³/mol. The summed E-state index contributed by atoms with van der Waals surface area (Å²) >= 11 is 0. The molecule has 0 radical (unpaired) electrons. The molecule has 3 heteroatoms. The van der Waals surface area contributed by atoms with E-state index in [2.05, 4.69) is 64.4 Å². The van der Waals surface area contributed by atoms with Gasteiger partial charge in [-0.1, -0.05) is 54.6 Å². The van der Waals surface area contributed by atoms with E-state index in [1.165, 1.54) is 21.9 Å². The number of benzene rings is 3. The molecule has 0 N–H and O–H groups in total. The van der Waals surface area contributed by atoms with Crippen LogP contribution >= 0.6 is 0 Å². The van der Waals surface area contributed by atoms with Gasteiger partial charge in [-0.05, 0) is 34.0 Å². The molecule has 0 aromatic heterocycles. The standard InChI is InChI=1S/C23H23N3/c24-16-19-5-3-6-20(15-19)17-25-11-13-26(14-12-25)18-22-9-4-8-21-7-1-2-10-23(21)22/h1-10,15H,11-14,17-18H2. The van der Waals surface area contributed by atoms with Gasteiger partial charge in [-0.15, -0.1) is 0 Å². The fraction of sp³-hybridized carbons (Fsp3) is 0.261. The van der Waals surface area contributed by atoms with E-state index in [0.717, 1.165) is 44.8 Å². The Hall–Kier alpha value is -2.67. The fourth-order valence-corrected chi connectivity index (χ4v) is 3.77. The lowest BCUT2D eigenvalue weighted by Gasteiger charge is -2.35. The van der Waals surface area contributed by atoms with Gasteiger partial charge < -0.3 is 0 Å². The van der Waals surface area contributed by atoms with Crippen LogP contribution in [-0.4, -0.2) is 36.0 Å². The Kier molecular flexibility index (Phi) is 4.97. The van der Waals surface area contributed by atoms with Gasteiger partial charge in [-0.3, -0.25) is 9.80 Å². The zero-order valence-electron chi connectivity index (χ0n) is 14.9. The van der Waals surface area contributed by atoms with E-state index in [-0.39, 0.29) is 0 Å². The molecule has 0 bridgehead atoms. The molecule has 0 spiro atoms. The summed E-state index contributed by atoms with van der Waals surface area (Å²) in [6.45, 7) is 6.25. The Balaban J connectivity index is 1.37. The third-order valence-corrected chi connectivity index (χ3v) is 5.20. The van der Waals surface area contributed by atoms with Gasteiger partial charge in [-0.25, -0.2) is 0 Å². The van der Waals surface area contributed by atoms with Gasteiger partial charge in [0.15, 0.2) is 0 Å². The summed E-state index contributed by atoms with van der Waals surface area (Å²) in [7, 11) is 0. The van der Waals surface area contributed by atoms with Crippen LogP contribution in [0.4, 0.5) is 0 Å². The van der Waals surface area contributed by atoms with Crippen molar-refractivity contribution in [1.29, 1.82) is 5.26 Å². The highest BCUT2D eigenvalue weighted by Gasteiger charge is 2.17. The van der Waals surface area contributed by atoms with Crippen LogP contribution in [0.15, 0.2) is 66.7 Å². The van der Waals surface area contributed by atoms with Crippen LogP contribution in [0.5, 0.6) is 0 Å². The summed E-state index contributed by atoms with van der Waals surface area (Å²) in [4.78, 5) is 5.03. The Morgan fingerprint density at radius 3 is 2.27 bits per heavy atom. The van der Waals surface area contributed by atoms with Crippen molar-refractivity contribution in [3.8, 4) is 6.07 Å². The number of nitriles is 1. The quantitative estimate of drug-likeness (QED) is 0.718. The van der Waals surface area contributed by atoms with Crippen molar-refractivity contribution in [2.24, 2.45) is 0 Å². The summed E-state index contributed by atoms with van der Waals surface area (Å²) in [5.74, 6) is 0. The first-order valence-corrected chi connectivity index (χ1v) is 9.22. The van der Waals surface area contributed by atoms with Crippen molar-refractivity contribution in [2.45, 2.75) is 13.1 Å². The monoisotopic (exact) mass is 341 g/mol. The molecule has 1 aliphatic heterocycles. The average molecular weight is 341 g/mol. The van der Waals surface area contributed by atoms with Crippen LogP contribution < -0.4 is 0 Å². The maximum Gasteiger partial charge on any atom is 0.0991 e. The fourth-order valence-electron chi connectivity index (χ4n) is 3.77. The molecular formula is C23H23N3. The third-order valence-electron chi connectivity index (χ3n) is 5.20. The predicted octanol–water partition coefficient (Wildman–Crippen LogP) is 4.03. The Bertz CT molecular complexity index is 928. The first-order valence-electron chi connectivity index (χ1n) is 9.22. The molecule has 1 saturated heterocycles. The summed E-state index contributed by atoms with van der Waals surface area (Å²) in [5, 5.41) is 11.7. The molecule has 0 amide bonds. The SMILES string of the molecule is N#Cc1cccc(CN2CCN(Cc3cccc4ccccc34)CC2)c1. The lowest BCUT2D eigenvalue weighted by molar-refractivity contribution is 0.122. The molecule has 3 nitrogen and oxygen atoms in total. The number of rotatable bonds is 4. The van der Waals surface area contributed by atoms with E-state index in [1.54, 1.807) is 0 Å². The number of fused-ring (bicyclic) bond motifs is 1. The van der Waals surface area contributed by atoms with E-state index in [4.69, 9.17) is 5.26 Å². The highest BCUT2D eigenvalue weighted by atomic mass is 15.3. The normalized spacial score (nSPS) is 15.8. The first-order chi connectivity index (χ1) is 12.8. The van der Waals surface area contributed by atoms with Gasteiger partial charge in [0.1, 0.15) is 0 Å². The van der Waals surface area contributed by atoms with Crippen molar-refractivity contribution in [1.82, 2.24) is 9.80 Å². The van der Waals surface area contributed by atoms with Crippen molar-refractivity contribution < 1.29 is 0 Å². The molecule has 3 aromatic rings. The molecule has 26 heavy (non-hydrogen) atoms. The second-order valence-electron chi connectivity index (χ2n) is 7.00. The Labute approximate surface area is 155 Å². The van der Waals surface area contributed by atoms with Crippen molar-refractivity contribution in [3.63, 3.8) is 0 Å². The van der Waals surface area contributed by atoms with Crippen molar-refractivity contribution >= 4 is 10.8 Å². The van der Waals surface area contributed by atoms with E-state index in [1.807, 2.05) is 18.2 Å². The molecule has 0 saturated carbocycles. The second kappa shape index (κ2) is 7.70. The Morgan fingerprint density at radius 1 is 0.769 bits per heavy atom. The molecule has 4 rings (SSSR count). The van der Waals surface area contributed by atoms with E-state index >= 15 is 0 Å². The van der Waals surface area contributed by atoms with Crippen LogP contribution in [0.1, 0.15) is 16.7 Å². The summed E-state index contributed by atoms with van der Waals surface area (Å²) in [6, 6.07) is 25.4. The molecule has 0 aliphatic carbocycles. The number of hydrogen-bond donors (Lipinski definition) is 0. The number of hydrogen-bond acceptors (Lipinski definition) is 3. The van der Waals surface area contributed by atoms with Crippen LogP contribution in [0.2, 0.25) is 0 Å². The Morgan fingerprint density at radius 2 is 1.46 bits per heavy atom. The molecule has 0 atom stereocenters. The zero-order valence-corrected chi connectivity index (χ0v) is 14.9. The first kappa shape index (κ1) is 16.8. The van der Waals surface area contributed by atoms with Gasteiger partial charge in [0.2, 0.25) is 0 Å². The summed E-state index contributed by atoms with van der Waals surface area (Å²) in [6.07, 6.45) is 0. The van der Waals surface area contributed by atoms with E-state index < -0.39 is 0 Å². The smallest absolute Gasteiger partial charge is 0.0991 e. The van der Waals surface area contributed by atoms with Crippen LogP contribution in [-0.2, 0) is 13.1 Å². The lowest BCUT2D eigenvalue weighted by Crippen LogP contribution is -2.45. The van der Waals surface area contributed by atoms with Gasteiger partial charge >= 0.3 is 0 Å². The van der Waals surface area contributed by atoms with E-state index in [0.29, 0.717) is 0 Å². The largest absolute Gasteiger partial charge is 0.297 e. The van der Waals surface area contributed by atoms with Crippen LogP contribution in [0, 0.1) is 11.3 Å². The van der Waals surface area contributed by atoms with E-state index in [9.17, 15) is 0 Å². The van der Waals surface area contributed by atoms with Gasteiger partial charge in [0.05, 0.1) is 11.6 Å². The third kappa shape index (κ3) is 3.77. The van der Waals surface area contributed by atoms with Gasteiger partial charge in [0, 0.05) is 39.3 Å². The molecule has 130 valence electrons. The van der Waals surface area contributed by atoms with Crippen LogP contribution in [0.25, 0.3) is 10.8 Å². The molecule has 1 fully saturated rings. The second-order valence-corrected chi connectivity index (χ2v) is 7.00. The molecule has 1 aliphatic rings. The zero-order chi connectivity index (χ0) is 17.8. The van der Waals surface area contributed by atoms with Crippen LogP contribution in [0.3, 0.4) is 0 Å². The van der Waals surface area contributed by atoms with Gasteiger partial charge in [-0.2, -0.15) is 5.26 Å². The highest BCUT2D eigenvalue weighted by Crippen LogP contribution is 2.21. The summed E-state index contributed by atoms with van der Waals surface area (Å²) < 4.78 is 0. The number of piperazine rings is 1. The number of nitrogens with zero attached hydrogens (tertiary/aromatic N) is 3. The van der Waals surface area contributed by atoms with Crippen molar-refractivity contribution in [2.75, 3.05) is 26.2 Å².